The summed E-state index contributed by atoms with van der Waals surface area (Å²) in [5.41, 5.74) is 1.87. The van der Waals surface area contributed by atoms with Crippen LogP contribution in [0.4, 0.5) is 10.2 Å². The lowest BCUT2D eigenvalue weighted by Gasteiger charge is -2.08. The van der Waals surface area contributed by atoms with Gasteiger partial charge in [-0.3, -0.25) is 9.78 Å². The van der Waals surface area contributed by atoms with Crippen LogP contribution in [0.2, 0.25) is 5.02 Å². The van der Waals surface area contributed by atoms with Crippen LogP contribution < -0.4 is 5.32 Å². The highest BCUT2D eigenvalue weighted by Crippen LogP contribution is 2.35. The minimum atomic E-state index is -1.03. The summed E-state index contributed by atoms with van der Waals surface area (Å²) in [6.07, 6.45) is 4.34. The Labute approximate surface area is 142 Å². The van der Waals surface area contributed by atoms with Gasteiger partial charge in [-0.2, -0.15) is 0 Å². The van der Waals surface area contributed by atoms with Crippen molar-refractivity contribution in [2.24, 2.45) is 5.92 Å². The van der Waals surface area contributed by atoms with E-state index in [0.29, 0.717) is 10.8 Å². The molecule has 0 radical (unpaired) electrons. The highest BCUT2D eigenvalue weighted by Gasteiger charge is 2.43. The molecule has 120 valence electrons. The molecule has 6 heteroatoms. The van der Waals surface area contributed by atoms with Crippen molar-refractivity contribution in [3.8, 4) is 11.1 Å². The molecule has 2 atom stereocenters. The molecule has 4 nitrogen and oxygen atoms in total. The first-order valence-corrected chi connectivity index (χ1v) is 7.94. The SMILES string of the molecule is O=C(Nc1cc2cc(-c3cccnc3)cc(Cl)c2cn1)[C@H]1C[C@H]1F. The summed E-state index contributed by atoms with van der Waals surface area (Å²) in [4.78, 5) is 20.2. The number of carbonyl (C=O) groups excluding carboxylic acids is 1. The van der Waals surface area contributed by atoms with E-state index in [1.807, 2.05) is 24.3 Å². The van der Waals surface area contributed by atoms with Crippen LogP contribution in [0.5, 0.6) is 0 Å². The zero-order valence-corrected chi connectivity index (χ0v) is 13.3. The van der Waals surface area contributed by atoms with Crippen molar-refractivity contribution in [3.63, 3.8) is 0 Å². The molecule has 1 N–H and O–H groups in total. The first-order chi connectivity index (χ1) is 11.6. The molecule has 0 saturated heterocycles. The van der Waals surface area contributed by atoms with Crippen LogP contribution in [0.3, 0.4) is 0 Å². The lowest BCUT2D eigenvalue weighted by atomic mass is 10.0. The number of aromatic nitrogens is 2. The van der Waals surface area contributed by atoms with E-state index in [0.717, 1.165) is 21.9 Å². The largest absolute Gasteiger partial charge is 0.310 e. The number of pyridine rings is 2. The summed E-state index contributed by atoms with van der Waals surface area (Å²) < 4.78 is 13.0. The quantitative estimate of drug-likeness (QED) is 0.775. The predicted octanol–water partition coefficient (Wildman–Crippen LogP) is 4.25. The van der Waals surface area contributed by atoms with Gasteiger partial charge in [-0.05, 0) is 41.6 Å². The zero-order chi connectivity index (χ0) is 16.7. The van der Waals surface area contributed by atoms with Crippen molar-refractivity contribution in [1.29, 1.82) is 0 Å². The highest BCUT2D eigenvalue weighted by molar-refractivity contribution is 6.36. The van der Waals surface area contributed by atoms with Gasteiger partial charge in [-0.15, -0.1) is 0 Å². The first-order valence-electron chi connectivity index (χ1n) is 7.56. The van der Waals surface area contributed by atoms with Crippen LogP contribution in [0.1, 0.15) is 6.42 Å². The van der Waals surface area contributed by atoms with Crippen LogP contribution in [-0.2, 0) is 4.79 Å². The van der Waals surface area contributed by atoms with Crippen LogP contribution in [0, 0.1) is 5.92 Å². The van der Waals surface area contributed by atoms with Crippen LogP contribution in [-0.4, -0.2) is 22.0 Å². The monoisotopic (exact) mass is 341 g/mol. The number of hydrogen-bond donors (Lipinski definition) is 1. The second-order valence-corrected chi connectivity index (χ2v) is 6.25. The van der Waals surface area contributed by atoms with Gasteiger partial charge in [0, 0.05) is 29.5 Å². The molecule has 4 rings (SSSR count). The summed E-state index contributed by atoms with van der Waals surface area (Å²) in [7, 11) is 0. The van der Waals surface area contributed by atoms with E-state index < -0.39 is 12.1 Å². The smallest absolute Gasteiger partial charge is 0.231 e. The summed E-state index contributed by atoms with van der Waals surface area (Å²) >= 11 is 6.35. The number of alkyl halides is 1. The molecular weight excluding hydrogens is 329 g/mol. The van der Waals surface area contributed by atoms with Gasteiger partial charge in [0.1, 0.15) is 12.0 Å². The zero-order valence-electron chi connectivity index (χ0n) is 12.5. The Morgan fingerprint density at radius 1 is 1.25 bits per heavy atom. The number of hydrogen-bond acceptors (Lipinski definition) is 3. The molecular formula is C18H13ClFN3O. The van der Waals surface area contributed by atoms with Gasteiger partial charge < -0.3 is 5.32 Å². The molecule has 1 saturated carbocycles. The van der Waals surface area contributed by atoms with E-state index in [1.54, 1.807) is 24.7 Å². The number of nitrogens with one attached hydrogen (secondary N) is 1. The third kappa shape index (κ3) is 2.83. The number of halogens is 2. The molecule has 0 aliphatic heterocycles. The van der Waals surface area contributed by atoms with Crippen molar-refractivity contribution in [1.82, 2.24) is 9.97 Å². The molecule has 2 aromatic heterocycles. The minimum absolute atomic E-state index is 0.288. The van der Waals surface area contributed by atoms with E-state index in [1.165, 1.54) is 0 Å². The number of anilines is 1. The Kier molecular flexibility index (Phi) is 3.65. The standard InChI is InChI=1S/C18H13ClFN3O/c19-15-5-11(10-2-1-3-21-8-10)4-12-6-17(22-9-14(12)15)23-18(24)13-7-16(13)20/h1-6,8-9,13,16H,7H2,(H,22,23,24)/t13-,16+/m0/s1. The Morgan fingerprint density at radius 2 is 2.08 bits per heavy atom. The number of nitrogens with zero attached hydrogens (tertiary/aromatic N) is 2. The van der Waals surface area contributed by atoms with Gasteiger partial charge in [0.2, 0.25) is 5.91 Å². The molecule has 1 aromatic carbocycles. The van der Waals surface area contributed by atoms with E-state index in [4.69, 9.17) is 11.6 Å². The average Bonchev–Trinajstić information content (AvgIpc) is 3.32. The Morgan fingerprint density at radius 3 is 2.79 bits per heavy atom. The third-order valence-corrected chi connectivity index (χ3v) is 4.39. The third-order valence-electron chi connectivity index (χ3n) is 4.08. The van der Waals surface area contributed by atoms with E-state index in [-0.39, 0.29) is 12.3 Å². The van der Waals surface area contributed by atoms with Crippen LogP contribution >= 0.6 is 11.6 Å². The number of fused-ring (bicyclic) bond motifs is 1. The Balaban J connectivity index is 1.71. The van der Waals surface area contributed by atoms with E-state index >= 15 is 0 Å². The second-order valence-electron chi connectivity index (χ2n) is 5.84. The van der Waals surface area contributed by atoms with Gasteiger partial charge in [-0.1, -0.05) is 17.7 Å². The minimum Gasteiger partial charge on any atom is -0.310 e. The fraction of sp³-hybridized carbons (Fsp3) is 0.167. The summed E-state index contributed by atoms with van der Waals surface area (Å²) in [6, 6.07) is 9.37. The van der Waals surface area contributed by atoms with E-state index in [9.17, 15) is 9.18 Å². The molecule has 1 aliphatic carbocycles. The molecule has 1 fully saturated rings. The summed E-state index contributed by atoms with van der Waals surface area (Å²) in [5.74, 6) is -0.484. The average molecular weight is 342 g/mol. The second kappa shape index (κ2) is 5.83. The van der Waals surface area contributed by atoms with Crippen LogP contribution in [0.25, 0.3) is 21.9 Å². The van der Waals surface area contributed by atoms with Crippen LogP contribution in [0.15, 0.2) is 48.9 Å². The first kappa shape index (κ1) is 15.0. The summed E-state index contributed by atoms with van der Waals surface area (Å²) in [6.45, 7) is 0. The van der Waals surface area contributed by atoms with Crippen molar-refractivity contribution in [2.45, 2.75) is 12.6 Å². The molecule has 0 spiro atoms. The van der Waals surface area contributed by atoms with Crippen molar-refractivity contribution in [3.05, 3.63) is 53.9 Å². The van der Waals surface area contributed by atoms with Gasteiger partial charge in [0.05, 0.1) is 10.9 Å². The van der Waals surface area contributed by atoms with Gasteiger partial charge in [0.15, 0.2) is 0 Å². The molecule has 24 heavy (non-hydrogen) atoms. The number of benzene rings is 1. The lowest BCUT2D eigenvalue weighted by Crippen LogP contribution is -2.15. The highest BCUT2D eigenvalue weighted by atomic mass is 35.5. The van der Waals surface area contributed by atoms with Gasteiger partial charge in [0.25, 0.3) is 0 Å². The Hall–Kier alpha value is -2.53. The summed E-state index contributed by atoms with van der Waals surface area (Å²) in [5, 5.41) is 4.87. The van der Waals surface area contributed by atoms with Crippen molar-refractivity contribution >= 4 is 34.1 Å². The topological polar surface area (TPSA) is 54.9 Å². The van der Waals surface area contributed by atoms with E-state index in [2.05, 4.69) is 15.3 Å². The normalized spacial score (nSPS) is 19.2. The van der Waals surface area contributed by atoms with Crippen molar-refractivity contribution in [2.75, 3.05) is 5.32 Å². The maximum atomic E-state index is 13.0. The lowest BCUT2D eigenvalue weighted by molar-refractivity contribution is -0.117. The predicted molar refractivity (Wildman–Crippen MR) is 91.6 cm³/mol. The van der Waals surface area contributed by atoms with Gasteiger partial charge >= 0.3 is 0 Å². The Bertz CT molecular complexity index is 932. The maximum absolute atomic E-state index is 13.0. The van der Waals surface area contributed by atoms with Crippen molar-refractivity contribution < 1.29 is 9.18 Å². The molecule has 0 unspecified atom stereocenters. The fourth-order valence-corrected chi connectivity index (χ4v) is 2.91. The maximum Gasteiger partial charge on any atom is 0.231 e. The number of rotatable bonds is 3. The molecule has 0 bridgehead atoms. The molecule has 3 aromatic rings. The number of carbonyl (C=O) groups is 1. The molecule has 1 aliphatic rings. The van der Waals surface area contributed by atoms with Gasteiger partial charge in [-0.25, -0.2) is 9.37 Å². The number of amides is 1. The molecule has 1 amide bonds. The molecule has 2 heterocycles. The fourth-order valence-electron chi connectivity index (χ4n) is 2.64.